The lowest BCUT2D eigenvalue weighted by molar-refractivity contribution is -0.121. The van der Waals surface area contributed by atoms with Gasteiger partial charge in [0.25, 0.3) is 5.91 Å². The number of methoxy groups -OCH3 is 1. The monoisotopic (exact) mass is 588 g/mol. The van der Waals surface area contributed by atoms with Crippen molar-refractivity contribution in [3.05, 3.63) is 94.0 Å². The summed E-state index contributed by atoms with van der Waals surface area (Å²) in [4.78, 5) is 30.4. The molecule has 1 aromatic heterocycles. The summed E-state index contributed by atoms with van der Waals surface area (Å²) in [6.07, 6.45) is 0.505. The number of nitrogens with zero attached hydrogens (tertiary/aromatic N) is 4. The summed E-state index contributed by atoms with van der Waals surface area (Å²) in [5, 5.41) is 33.9. The highest BCUT2D eigenvalue weighted by Gasteiger charge is 2.30. The van der Waals surface area contributed by atoms with Crippen LogP contribution in [0.3, 0.4) is 0 Å². The molecule has 2 heterocycles. The van der Waals surface area contributed by atoms with Crippen molar-refractivity contribution in [2.45, 2.75) is 25.8 Å². The van der Waals surface area contributed by atoms with Crippen molar-refractivity contribution < 1.29 is 24.5 Å². The van der Waals surface area contributed by atoms with Crippen molar-refractivity contribution >= 4 is 29.1 Å². The third-order valence-electron chi connectivity index (χ3n) is 6.83. The Morgan fingerprint density at radius 2 is 1.74 bits per heavy atom. The molecule has 42 heavy (non-hydrogen) atoms. The number of benzene rings is 3. The second-order valence-corrected chi connectivity index (χ2v) is 10.1. The van der Waals surface area contributed by atoms with Gasteiger partial charge in [-0.1, -0.05) is 23.7 Å². The first-order valence-corrected chi connectivity index (χ1v) is 13.6. The Balaban J connectivity index is 1.31. The fourth-order valence-electron chi connectivity index (χ4n) is 4.71. The van der Waals surface area contributed by atoms with Crippen LogP contribution >= 0.6 is 11.6 Å². The van der Waals surface area contributed by atoms with Gasteiger partial charge in [-0.3, -0.25) is 19.1 Å². The van der Waals surface area contributed by atoms with Crippen LogP contribution < -0.4 is 15.4 Å². The number of rotatable bonds is 9. The van der Waals surface area contributed by atoms with E-state index in [1.807, 2.05) is 41.8 Å². The minimum Gasteiger partial charge on any atom is -0.504 e. The maximum Gasteiger partial charge on any atom is 0.251 e. The van der Waals surface area contributed by atoms with Crippen molar-refractivity contribution in [2.24, 2.45) is 4.99 Å². The Hall–Kier alpha value is -4.90. The number of carbonyl (C=O) groups excluding carboxylic acids is 2. The van der Waals surface area contributed by atoms with Gasteiger partial charge in [0, 0.05) is 34.8 Å². The first-order valence-electron chi connectivity index (χ1n) is 13.3. The van der Waals surface area contributed by atoms with E-state index in [0.29, 0.717) is 47.6 Å². The maximum atomic E-state index is 13.1. The van der Waals surface area contributed by atoms with Gasteiger partial charge in [0.2, 0.25) is 5.91 Å². The van der Waals surface area contributed by atoms with Crippen LogP contribution in [-0.2, 0) is 4.79 Å². The molecule has 3 aromatic carbocycles. The third kappa shape index (κ3) is 6.06. The molecular formula is C30H29ClN6O5. The number of phenols is 2. The van der Waals surface area contributed by atoms with Crippen molar-refractivity contribution in [1.29, 1.82) is 0 Å². The molecule has 1 aliphatic heterocycles. The molecule has 0 bridgehead atoms. The number of hydrogen-bond donors (Lipinski definition) is 4. The summed E-state index contributed by atoms with van der Waals surface area (Å²) in [6.45, 7) is 2.47. The van der Waals surface area contributed by atoms with E-state index >= 15 is 0 Å². The van der Waals surface area contributed by atoms with E-state index in [9.17, 15) is 19.8 Å². The zero-order valence-corrected chi connectivity index (χ0v) is 23.7. The van der Waals surface area contributed by atoms with Crippen LogP contribution in [0.2, 0.25) is 5.02 Å². The lowest BCUT2D eigenvalue weighted by atomic mass is 10.00. The highest BCUT2D eigenvalue weighted by atomic mass is 35.5. The zero-order valence-electron chi connectivity index (χ0n) is 23.0. The molecule has 2 amide bonds. The fraction of sp³-hybridized carbons (Fsp3) is 0.233. The lowest BCUT2D eigenvalue weighted by Gasteiger charge is -2.14. The number of aromatic nitrogens is 3. The number of amides is 2. The Morgan fingerprint density at radius 3 is 2.48 bits per heavy atom. The van der Waals surface area contributed by atoms with Crippen LogP contribution in [0.4, 0.5) is 0 Å². The molecule has 1 atom stereocenters. The Morgan fingerprint density at radius 1 is 0.976 bits per heavy atom. The number of aliphatic imine (C=N–C) groups is 1. The molecule has 5 rings (SSSR count). The topological polar surface area (TPSA) is 151 Å². The molecule has 4 aromatic rings. The van der Waals surface area contributed by atoms with E-state index in [2.05, 4.69) is 20.8 Å². The molecule has 12 heteroatoms. The minimum atomic E-state index is -0.628. The first kappa shape index (κ1) is 28.6. The van der Waals surface area contributed by atoms with Gasteiger partial charge in [0.15, 0.2) is 17.3 Å². The van der Waals surface area contributed by atoms with Crippen LogP contribution in [-0.4, -0.2) is 62.7 Å². The molecule has 4 N–H and O–H groups in total. The number of fused-ring (bicyclic) bond motifs is 3. The van der Waals surface area contributed by atoms with Crippen molar-refractivity contribution in [3.8, 4) is 22.9 Å². The highest BCUT2D eigenvalue weighted by Crippen LogP contribution is 2.34. The second-order valence-electron chi connectivity index (χ2n) is 9.69. The average molecular weight is 589 g/mol. The molecule has 0 fully saturated rings. The fourth-order valence-corrected chi connectivity index (χ4v) is 4.84. The van der Waals surface area contributed by atoms with Gasteiger partial charge in [0.1, 0.15) is 17.6 Å². The first-order chi connectivity index (χ1) is 20.2. The summed E-state index contributed by atoms with van der Waals surface area (Å²) in [5.74, 6) is 0.561. The van der Waals surface area contributed by atoms with E-state index in [1.54, 1.807) is 19.2 Å². The predicted molar refractivity (Wildman–Crippen MR) is 157 cm³/mol. The SMILES string of the molecule is COc1ccc2c(c1)C(c1ccc(Cl)cc1)=NC(CC(=O)NCCCNC(=O)c1ccc(O)c(O)c1)c1nnc(C)n1-2. The highest BCUT2D eigenvalue weighted by molar-refractivity contribution is 6.30. The standard InChI is InChI=1S/C30H29ClN6O5/c1-17-35-36-29-23(16-27(40)32-12-3-13-33-30(41)19-6-11-25(38)26(39)14-19)34-28(18-4-7-20(31)8-5-18)22-15-21(42-2)9-10-24(22)37(17)29/h4-11,14-15,23,38-39H,3,12-13,16H2,1-2H3,(H,32,40)(H,33,41). The number of ether oxygens (including phenoxy) is 1. The quantitative estimate of drug-likeness (QED) is 0.171. The molecule has 0 spiro atoms. The molecule has 0 saturated heterocycles. The van der Waals surface area contributed by atoms with Crippen molar-refractivity contribution in [3.63, 3.8) is 0 Å². The summed E-state index contributed by atoms with van der Waals surface area (Å²) in [6, 6.07) is 16.3. The van der Waals surface area contributed by atoms with Crippen LogP contribution in [0.25, 0.3) is 5.69 Å². The summed E-state index contributed by atoms with van der Waals surface area (Å²) in [7, 11) is 1.60. The Kier molecular flexibility index (Phi) is 8.39. The predicted octanol–water partition coefficient (Wildman–Crippen LogP) is 3.87. The van der Waals surface area contributed by atoms with E-state index in [4.69, 9.17) is 21.3 Å². The number of aryl methyl sites for hydroxylation is 1. The molecular weight excluding hydrogens is 560 g/mol. The van der Waals surface area contributed by atoms with Crippen LogP contribution in [0.1, 0.15) is 52.0 Å². The molecule has 0 aliphatic carbocycles. The molecule has 11 nitrogen and oxygen atoms in total. The summed E-state index contributed by atoms with van der Waals surface area (Å²) in [5.41, 5.74) is 3.35. The summed E-state index contributed by atoms with van der Waals surface area (Å²) < 4.78 is 7.41. The minimum absolute atomic E-state index is 0.0273. The number of nitrogens with one attached hydrogen (secondary N) is 2. The average Bonchev–Trinajstić information content (AvgIpc) is 3.31. The molecule has 1 aliphatic rings. The van der Waals surface area contributed by atoms with Gasteiger partial charge in [0.05, 0.1) is 24.9 Å². The van der Waals surface area contributed by atoms with E-state index in [1.165, 1.54) is 18.2 Å². The molecule has 0 radical (unpaired) electrons. The Bertz CT molecular complexity index is 1670. The molecule has 216 valence electrons. The van der Waals surface area contributed by atoms with Gasteiger partial charge >= 0.3 is 0 Å². The number of hydrogen-bond acceptors (Lipinski definition) is 8. The van der Waals surface area contributed by atoms with Crippen LogP contribution in [0, 0.1) is 6.92 Å². The van der Waals surface area contributed by atoms with E-state index in [0.717, 1.165) is 16.8 Å². The Labute approximate surface area is 246 Å². The van der Waals surface area contributed by atoms with Crippen molar-refractivity contribution in [1.82, 2.24) is 25.4 Å². The number of carbonyl (C=O) groups is 2. The van der Waals surface area contributed by atoms with E-state index in [-0.39, 0.29) is 29.4 Å². The van der Waals surface area contributed by atoms with E-state index < -0.39 is 11.9 Å². The lowest BCUT2D eigenvalue weighted by Crippen LogP contribution is -2.30. The van der Waals surface area contributed by atoms with Crippen LogP contribution in [0.15, 0.2) is 65.7 Å². The summed E-state index contributed by atoms with van der Waals surface area (Å²) >= 11 is 6.16. The van der Waals surface area contributed by atoms with Crippen LogP contribution in [0.5, 0.6) is 17.2 Å². The normalized spacial score (nSPS) is 13.8. The number of phenolic OH excluding ortho intramolecular Hbond substituents is 2. The van der Waals surface area contributed by atoms with Gasteiger partial charge in [-0.15, -0.1) is 10.2 Å². The molecule has 0 saturated carbocycles. The van der Waals surface area contributed by atoms with Gasteiger partial charge < -0.3 is 25.6 Å². The van der Waals surface area contributed by atoms with Gasteiger partial charge in [-0.25, -0.2) is 0 Å². The number of aromatic hydroxyl groups is 2. The number of halogens is 1. The second kappa shape index (κ2) is 12.3. The zero-order chi connectivity index (χ0) is 29.8. The van der Waals surface area contributed by atoms with Crippen molar-refractivity contribution in [2.75, 3.05) is 20.2 Å². The van der Waals surface area contributed by atoms with Gasteiger partial charge in [-0.05, 0) is 61.9 Å². The van der Waals surface area contributed by atoms with Gasteiger partial charge in [-0.2, -0.15) is 0 Å². The molecule has 1 unspecified atom stereocenters. The largest absolute Gasteiger partial charge is 0.504 e. The third-order valence-corrected chi connectivity index (χ3v) is 7.08. The smallest absolute Gasteiger partial charge is 0.251 e. The maximum absolute atomic E-state index is 13.1.